The van der Waals surface area contributed by atoms with Crippen LogP contribution in [0.5, 0.6) is 0 Å². The van der Waals surface area contributed by atoms with Crippen LogP contribution in [0.2, 0.25) is 0 Å². The zero-order valence-corrected chi connectivity index (χ0v) is 57.9. The van der Waals surface area contributed by atoms with Gasteiger partial charge in [0.15, 0.2) is 0 Å². The SMILES string of the molecule is C=CC(=O)Cl.C=CC(=O)N1CCN(c2nc(NC3CCN(C4CC4)CC3)nc3c2CCN(c2cc(C)cc4ccccc24)C3)CC1.Cc1cc(N2CCc3c(nc(NC4CCN(C5CC5)CC4)nc3N3CCN(C(=O)OCc4ccccc4)CC3)C2)c2ccccc2c1.ClCCl. The molecule has 2 aromatic heterocycles. The number of nitrogens with zero attached hydrogens (tertiary/aromatic N) is 12. The van der Waals surface area contributed by atoms with Gasteiger partial charge in [-0.05, 0) is 141 Å². The molecule has 6 fully saturated rings. The highest BCUT2D eigenvalue weighted by molar-refractivity contribution is 6.66. The molecule has 0 atom stereocenters. The largest absolute Gasteiger partial charge is 0.445 e. The van der Waals surface area contributed by atoms with Crippen molar-refractivity contribution in [2.24, 2.45) is 0 Å². The number of nitrogens with one attached hydrogen (secondary N) is 2. The molecule has 7 aromatic rings. The monoisotopic (exact) mass is 1360 g/mol. The Morgan fingerprint density at radius 2 is 0.938 bits per heavy atom. The molecule has 96 heavy (non-hydrogen) atoms. The second-order valence-corrected chi connectivity index (χ2v) is 27.6. The number of halogens is 3. The number of aryl methyl sites for hydroxylation is 2. The van der Waals surface area contributed by atoms with Gasteiger partial charge in [-0.2, -0.15) is 9.97 Å². The Hall–Kier alpha value is -7.74. The molecule has 18 nitrogen and oxygen atoms in total. The quantitative estimate of drug-likeness (QED) is 0.0600. The van der Waals surface area contributed by atoms with Crippen LogP contribution < -0.4 is 30.2 Å². The maximum Gasteiger partial charge on any atom is 0.410 e. The Morgan fingerprint density at radius 1 is 0.521 bits per heavy atom. The van der Waals surface area contributed by atoms with E-state index < -0.39 is 5.24 Å². The number of allylic oxidation sites excluding steroid dienone is 1. The summed E-state index contributed by atoms with van der Waals surface area (Å²) in [4.78, 5) is 74.1. The third-order valence-corrected chi connectivity index (χ3v) is 20.0. The molecular weight excluding hydrogens is 1270 g/mol. The molecule has 0 radical (unpaired) electrons. The molecule has 0 spiro atoms. The van der Waals surface area contributed by atoms with Gasteiger partial charge in [-0.15, -0.1) is 23.2 Å². The molecule has 506 valence electrons. The van der Waals surface area contributed by atoms with Crippen molar-refractivity contribution in [2.75, 3.05) is 127 Å². The standard InChI is InChI=1S/C38H45N7O2.C33H41N7O.C3H3ClO.CH2Cl2/c1-27-23-29-9-5-6-10-32(29)35(24-27)45-18-15-33-34(25-45)40-37(39-30-13-16-42(17-14-30)31-11-12-31)41-36(33)43-19-21-44(22-20-43)38(46)47-26-28-7-3-2-4-8-28;1-3-31(41)38-16-18-39(19-17-38)32-28-12-15-40(30-21-23(2)20-24-6-4-5-7-27(24)30)22-29(28)35-33(36-32)34-25-10-13-37(14-11-25)26-8-9-26;1-2-3(4)5;2-1-3/h2-10,23-24,30-31H,11-22,25-26H2,1H3,(H,39,40,41);3-7,20-21,25-26H,1,8-19,22H2,2H3,(H,34,35,36);2H,1H2;1H2. The smallest absolute Gasteiger partial charge is 0.410 e. The lowest BCUT2D eigenvalue weighted by Crippen LogP contribution is -2.49. The van der Waals surface area contributed by atoms with Crippen molar-refractivity contribution in [1.29, 1.82) is 0 Å². The van der Waals surface area contributed by atoms with Gasteiger partial charge in [0, 0.05) is 149 Å². The van der Waals surface area contributed by atoms with Gasteiger partial charge in [0.05, 0.1) is 29.8 Å². The molecular formula is C75H91Cl3N14O4. The molecule has 2 saturated carbocycles. The van der Waals surface area contributed by atoms with Crippen LogP contribution in [0.25, 0.3) is 21.5 Å². The molecule has 4 saturated heterocycles. The number of alkyl halides is 2. The Balaban J connectivity index is 0.000000166. The summed E-state index contributed by atoms with van der Waals surface area (Å²) in [6.07, 6.45) is 14.0. The normalized spacial score (nSPS) is 18.6. The van der Waals surface area contributed by atoms with Crippen molar-refractivity contribution in [3.63, 3.8) is 0 Å². The number of hydrogen-bond acceptors (Lipinski definition) is 16. The lowest BCUT2D eigenvalue weighted by atomic mass is 10.0. The molecule has 2 N–H and O–H groups in total. The molecule has 2 aliphatic carbocycles. The van der Waals surface area contributed by atoms with Gasteiger partial charge in [-0.3, -0.25) is 9.59 Å². The molecule has 0 unspecified atom stereocenters. The van der Waals surface area contributed by atoms with Gasteiger partial charge in [0.1, 0.15) is 18.2 Å². The predicted octanol–water partition coefficient (Wildman–Crippen LogP) is 12.7. The average Bonchev–Trinajstić information content (AvgIpc) is 0.816. The van der Waals surface area contributed by atoms with E-state index in [4.69, 9.17) is 59.5 Å². The number of carbonyl (C=O) groups excluding carboxylic acids is 3. The highest BCUT2D eigenvalue weighted by atomic mass is 35.5. The summed E-state index contributed by atoms with van der Waals surface area (Å²) >= 11 is 14.2. The minimum Gasteiger partial charge on any atom is -0.445 e. The van der Waals surface area contributed by atoms with Gasteiger partial charge in [-0.25, -0.2) is 14.8 Å². The lowest BCUT2D eigenvalue weighted by Gasteiger charge is -2.38. The molecule has 5 aromatic carbocycles. The van der Waals surface area contributed by atoms with Crippen LogP contribution >= 0.6 is 34.8 Å². The first-order valence-corrected chi connectivity index (χ1v) is 35.9. The zero-order chi connectivity index (χ0) is 66.7. The van der Waals surface area contributed by atoms with Crippen LogP contribution in [-0.2, 0) is 46.9 Å². The van der Waals surface area contributed by atoms with E-state index in [1.165, 1.54) is 86.9 Å². The molecule has 0 bridgehead atoms. The van der Waals surface area contributed by atoms with Gasteiger partial charge >= 0.3 is 6.09 Å². The minimum absolute atomic E-state index is 0.00952. The number of likely N-dealkylation sites (tertiary alicyclic amines) is 2. The van der Waals surface area contributed by atoms with Crippen molar-refractivity contribution in [1.82, 2.24) is 39.5 Å². The van der Waals surface area contributed by atoms with E-state index in [1.54, 1.807) is 0 Å². The lowest BCUT2D eigenvalue weighted by molar-refractivity contribution is -0.126. The van der Waals surface area contributed by atoms with Crippen LogP contribution in [0.1, 0.15) is 90.6 Å². The molecule has 21 heteroatoms. The number of ether oxygens (including phenoxy) is 1. The second kappa shape index (κ2) is 32.1. The van der Waals surface area contributed by atoms with E-state index in [1.807, 2.05) is 40.1 Å². The van der Waals surface area contributed by atoms with Crippen LogP contribution in [-0.4, -0.2) is 178 Å². The molecule has 6 aliphatic heterocycles. The van der Waals surface area contributed by atoms with Crippen LogP contribution in [0, 0.1) is 13.8 Å². The summed E-state index contributed by atoms with van der Waals surface area (Å²) < 4.78 is 5.65. The van der Waals surface area contributed by atoms with Gasteiger partial charge in [0.25, 0.3) is 0 Å². The van der Waals surface area contributed by atoms with Crippen molar-refractivity contribution in [2.45, 2.75) is 122 Å². The maximum atomic E-state index is 12.9. The van der Waals surface area contributed by atoms with E-state index in [9.17, 15) is 14.4 Å². The Kier molecular flexibility index (Phi) is 22.8. The Morgan fingerprint density at radius 3 is 1.35 bits per heavy atom. The first-order valence-electron chi connectivity index (χ1n) is 34.4. The summed E-state index contributed by atoms with van der Waals surface area (Å²) in [6, 6.07) is 38.8. The summed E-state index contributed by atoms with van der Waals surface area (Å²) in [6.45, 7) is 25.0. The number of piperidine rings is 2. The third kappa shape index (κ3) is 17.1. The Bertz CT molecular complexity index is 3860. The third-order valence-electron chi connectivity index (χ3n) is 19.9. The fraction of sp³-hybridized carbons (Fsp3) is 0.453. The van der Waals surface area contributed by atoms with Crippen molar-refractivity contribution in [3.05, 3.63) is 168 Å². The summed E-state index contributed by atoms with van der Waals surface area (Å²) in [5.74, 6) is 3.58. The number of anilines is 6. The number of amides is 2. The first kappa shape index (κ1) is 68.2. The molecule has 8 heterocycles. The van der Waals surface area contributed by atoms with E-state index in [2.05, 4.69) is 140 Å². The number of hydrogen-bond donors (Lipinski definition) is 2. The van der Waals surface area contributed by atoms with Crippen LogP contribution in [0.3, 0.4) is 0 Å². The Labute approximate surface area is 580 Å². The van der Waals surface area contributed by atoms with Crippen molar-refractivity contribution >= 4 is 108 Å². The highest BCUT2D eigenvalue weighted by Gasteiger charge is 2.36. The number of aromatic nitrogens is 4. The minimum atomic E-state index is -0.509. The highest BCUT2D eigenvalue weighted by Crippen LogP contribution is 2.39. The van der Waals surface area contributed by atoms with Crippen LogP contribution in [0.4, 0.5) is 39.7 Å². The van der Waals surface area contributed by atoms with Crippen molar-refractivity contribution < 1.29 is 19.1 Å². The zero-order valence-electron chi connectivity index (χ0n) is 55.6. The number of fused-ring (bicyclic) bond motifs is 4. The van der Waals surface area contributed by atoms with E-state index in [0.717, 1.165) is 176 Å². The predicted molar refractivity (Wildman–Crippen MR) is 390 cm³/mol. The van der Waals surface area contributed by atoms with Crippen molar-refractivity contribution in [3.8, 4) is 0 Å². The molecule has 15 rings (SSSR count). The maximum absolute atomic E-state index is 12.9. The fourth-order valence-electron chi connectivity index (χ4n) is 14.5. The molecule has 8 aliphatic rings. The van der Waals surface area contributed by atoms with E-state index in [0.29, 0.717) is 44.9 Å². The van der Waals surface area contributed by atoms with Gasteiger partial charge in [-0.1, -0.05) is 104 Å². The number of piperazine rings is 2. The number of rotatable bonds is 14. The van der Waals surface area contributed by atoms with E-state index >= 15 is 0 Å². The summed E-state index contributed by atoms with van der Waals surface area (Å²) in [5, 5.41) is 12.3. The average molecular weight is 1360 g/mol. The summed E-state index contributed by atoms with van der Waals surface area (Å²) in [7, 11) is 0. The number of carbonyl (C=O) groups is 3. The van der Waals surface area contributed by atoms with Crippen LogP contribution in [0.15, 0.2) is 128 Å². The summed E-state index contributed by atoms with van der Waals surface area (Å²) in [5.41, 5.74) is 10.8. The van der Waals surface area contributed by atoms with Gasteiger partial charge in [0.2, 0.25) is 23.0 Å². The fourth-order valence-corrected chi connectivity index (χ4v) is 14.5. The first-order chi connectivity index (χ1) is 46.8. The van der Waals surface area contributed by atoms with E-state index in [-0.39, 0.29) is 17.3 Å². The molecule has 2 amide bonds. The second-order valence-electron chi connectivity index (χ2n) is 26.5. The number of benzene rings is 5. The van der Waals surface area contributed by atoms with Gasteiger partial charge < -0.3 is 54.6 Å². The topological polar surface area (TPSA) is 162 Å².